The van der Waals surface area contributed by atoms with Crippen LogP contribution >= 0.6 is 0 Å². The van der Waals surface area contributed by atoms with E-state index >= 15 is 0 Å². The summed E-state index contributed by atoms with van der Waals surface area (Å²) in [6.07, 6.45) is 0. The Balaban J connectivity index is 3.48. The van der Waals surface area contributed by atoms with Crippen molar-refractivity contribution in [2.24, 2.45) is 5.41 Å². The lowest BCUT2D eigenvalue weighted by molar-refractivity contribution is -0.123. The Kier molecular flexibility index (Phi) is 4.08. The standard InChI is InChI=1S/C13H16N2O3S/c1-9-7-5-6-8-10(9)19(17,18)12(15-14)11(16)13(2,3)4/h5-8H,1-4H3. The van der Waals surface area contributed by atoms with E-state index in [9.17, 15) is 13.2 Å². The molecule has 1 aromatic rings. The first kappa shape index (κ1) is 15.3. The van der Waals surface area contributed by atoms with Gasteiger partial charge in [0.25, 0.3) is 15.6 Å². The highest BCUT2D eigenvalue weighted by molar-refractivity contribution is 8.08. The summed E-state index contributed by atoms with van der Waals surface area (Å²) in [6.45, 7) is 6.30. The Morgan fingerprint density at radius 1 is 1.21 bits per heavy atom. The van der Waals surface area contributed by atoms with Crippen LogP contribution in [0, 0.1) is 12.3 Å². The van der Waals surface area contributed by atoms with Crippen molar-refractivity contribution >= 4 is 20.7 Å². The second-order valence-electron chi connectivity index (χ2n) is 5.25. The van der Waals surface area contributed by atoms with Crippen LogP contribution in [0.3, 0.4) is 0 Å². The first-order valence-electron chi connectivity index (χ1n) is 5.70. The van der Waals surface area contributed by atoms with Crippen molar-refractivity contribution in [3.05, 3.63) is 35.4 Å². The number of carbonyl (C=O) groups excluding carboxylic acids is 1. The number of benzene rings is 1. The molecule has 6 heteroatoms. The number of nitrogens with zero attached hydrogens (tertiary/aromatic N) is 2. The average molecular weight is 280 g/mol. The maximum absolute atomic E-state index is 12.4. The molecule has 0 aromatic heterocycles. The van der Waals surface area contributed by atoms with Crippen molar-refractivity contribution < 1.29 is 18.0 Å². The van der Waals surface area contributed by atoms with Crippen LogP contribution in [-0.2, 0) is 14.6 Å². The van der Waals surface area contributed by atoms with Crippen molar-refractivity contribution in [1.29, 1.82) is 0 Å². The molecule has 0 N–H and O–H groups in total. The molecule has 5 nitrogen and oxygen atoms in total. The van der Waals surface area contributed by atoms with E-state index in [1.165, 1.54) is 6.07 Å². The number of ketones is 1. The topological polar surface area (TPSA) is 87.6 Å². The number of aryl methyl sites for hydroxylation is 1. The van der Waals surface area contributed by atoms with Gasteiger partial charge in [0.15, 0.2) is 0 Å². The van der Waals surface area contributed by atoms with Crippen molar-refractivity contribution in [3.63, 3.8) is 0 Å². The second kappa shape index (κ2) is 5.07. The smallest absolute Gasteiger partial charge is 0.360 e. The molecule has 0 saturated carbocycles. The molecule has 19 heavy (non-hydrogen) atoms. The molecule has 0 radical (unpaired) electrons. The van der Waals surface area contributed by atoms with Crippen LogP contribution in [0.25, 0.3) is 5.53 Å². The first-order chi connectivity index (χ1) is 8.62. The van der Waals surface area contributed by atoms with E-state index in [0.717, 1.165) is 0 Å². The van der Waals surface area contributed by atoms with Crippen molar-refractivity contribution in [3.8, 4) is 0 Å². The Hall–Kier alpha value is -1.78. The lowest BCUT2D eigenvalue weighted by Crippen LogP contribution is -2.35. The fourth-order valence-corrected chi connectivity index (χ4v) is 3.12. The van der Waals surface area contributed by atoms with Gasteiger partial charge in [-0.1, -0.05) is 39.0 Å². The molecule has 0 aliphatic carbocycles. The molecule has 102 valence electrons. The number of rotatable bonds is 2. The summed E-state index contributed by atoms with van der Waals surface area (Å²) in [7, 11) is -4.11. The van der Waals surface area contributed by atoms with Crippen LogP contribution in [0.1, 0.15) is 26.3 Å². The van der Waals surface area contributed by atoms with Crippen LogP contribution in [0.2, 0.25) is 0 Å². The van der Waals surface area contributed by atoms with E-state index in [2.05, 4.69) is 4.79 Å². The van der Waals surface area contributed by atoms with Crippen molar-refractivity contribution in [2.75, 3.05) is 0 Å². The summed E-state index contributed by atoms with van der Waals surface area (Å²) in [5.41, 5.74) is 8.48. The summed E-state index contributed by atoms with van der Waals surface area (Å²) < 4.78 is 24.7. The molecular weight excluding hydrogens is 264 g/mol. The monoisotopic (exact) mass is 280 g/mol. The fourth-order valence-electron chi connectivity index (χ4n) is 1.50. The van der Waals surface area contributed by atoms with E-state index in [1.807, 2.05) is 0 Å². The maximum atomic E-state index is 12.4. The van der Waals surface area contributed by atoms with Gasteiger partial charge in [-0.15, -0.1) is 4.79 Å². The minimum absolute atomic E-state index is 0.0274. The quantitative estimate of drug-likeness (QED) is 0.359. The lowest BCUT2D eigenvalue weighted by Gasteiger charge is -2.13. The van der Waals surface area contributed by atoms with Gasteiger partial charge in [0.05, 0.1) is 4.90 Å². The lowest BCUT2D eigenvalue weighted by atomic mass is 9.91. The van der Waals surface area contributed by atoms with Gasteiger partial charge in [-0.2, -0.15) is 0 Å². The van der Waals surface area contributed by atoms with Crippen LogP contribution in [0.4, 0.5) is 0 Å². The maximum Gasteiger partial charge on any atom is 0.452 e. The normalized spacial score (nSPS) is 11.8. The van der Waals surface area contributed by atoms with Crippen molar-refractivity contribution in [2.45, 2.75) is 32.6 Å². The fraction of sp³-hybridized carbons (Fsp3) is 0.385. The van der Waals surface area contributed by atoms with Gasteiger partial charge in [0, 0.05) is 5.41 Å². The number of Topliss-reactive ketones (excluding diaryl/α,β-unsaturated/α-hetero) is 1. The molecule has 0 saturated heterocycles. The van der Waals surface area contributed by atoms with Crippen LogP contribution < -0.4 is 0 Å². The molecule has 0 unspecified atom stereocenters. The molecule has 0 fully saturated rings. The molecule has 0 spiro atoms. The second-order valence-corrected chi connectivity index (χ2v) is 7.09. The number of hydrogen-bond acceptors (Lipinski definition) is 3. The number of hydrogen-bond donors (Lipinski definition) is 0. The molecule has 1 rings (SSSR count). The highest BCUT2D eigenvalue weighted by Crippen LogP contribution is 2.22. The van der Waals surface area contributed by atoms with Crippen molar-refractivity contribution in [1.82, 2.24) is 0 Å². The molecule has 0 aliphatic rings. The van der Waals surface area contributed by atoms with Crippen LogP contribution in [0.5, 0.6) is 0 Å². The molecule has 1 aromatic carbocycles. The van der Waals surface area contributed by atoms with Gasteiger partial charge >= 0.3 is 5.04 Å². The molecule has 0 amide bonds. The zero-order valence-corrected chi connectivity index (χ0v) is 12.2. The Bertz CT molecular complexity index is 663. The van der Waals surface area contributed by atoms with Gasteiger partial charge in [0.1, 0.15) is 0 Å². The summed E-state index contributed by atoms with van der Waals surface area (Å²) in [6, 6.07) is 6.24. The average Bonchev–Trinajstić information content (AvgIpc) is 2.28. The molecular formula is C13H16N2O3S. The molecule has 0 heterocycles. The summed E-state index contributed by atoms with van der Waals surface area (Å²) in [5.74, 6) is -0.724. The Morgan fingerprint density at radius 3 is 2.16 bits per heavy atom. The van der Waals surface area contributed by atoms with E-state index in [1.54, 1.807) is 45.9 Å². The molecule has 0 aliphatic heterocycles. The van der Waals surface area contributed by atoms with E-state index in [4.69, 9.17) is 5.53 Å². The van der Waals surface area contributed by atoms with E-state index < -0.39 is 26.1 Å². The van der Waals surface area contributed by atoms with Gasteiger partial charge in [0.2, 0.25) is 0 Å². The minimum atomic E-state index is -4.11. The Morgan fingerprint density at radius 2 is 1.74 bits per heavy atom. The summed E-state index contributed by atoms with van der Waals surface area (Å²) >= 11 is 0. The molecule has 0 bridgehead atoms. The highest BCUT2D eigenvalue weighted by Gasteiger charge is 2.43. The minimum Gasteiger partial charge on any atom is -0.360 e. The Labute approximate surface area is 112 Å². The predicted octanol–water partition coefficient (Wildman–Crippen LogP) is 2.01. The van der Waals surface area contributed by atoms with Gasteiger partial charge < -0.3 is 5.53 Å². The van der Waals surface area contributed by atoms with Gasteiger partial charge in [-0.25, -0.2) is 8.42 Å². The largest absolute Gasteiger partial charge is 0.452 e. The third-order valence-corrected chi connectivity index (χ3v) is 4.42. The SMILES string of the molecule is Cc1ccccc1S(=O)(=O)C(=[N+]=[N-])C(=O)C(C)(C)C. The zero-order valence-electron chi connectivity index (χ0n) is 11.3. The van der Waals surface area contributed by atoms with E-state index in [-0.39, 0.29) is 4.90 Å². The number of carbonyl (C=O) groups is 1. The third-order valence-electron chi connectivity index (χ3n) is 2.60. The third kappa shape index (κ3) is 2.97. The zero-order chi connectivity index (χ0) is 14.8. The summed E-state index contributed by atoms with van der Waals surface area (Å²) in [4.78, 5) is 14.8. The van der Waals surface area contributed by atoms with Crippen LogP contribution in [-0.4, -0.2) is 24.0 Å². The van der Waals surface area contributed by atoms with Crippen LogP contribution in [0.15, 0.2) is 29.2 Å². The van der Waals surface area contributed by atoms with Gasteiger partial charge in [-0.05, 0) is 18.6 Å². The van der Waals surface area contributed by atoms with Gasteiger partial charge in [-0.3, -0.25) is 4.79 Å². The highest BCUT2D eigenvalue weighted by atomic mass is 32.2. The summed E-state index contributed by atoms with van der Waals surface area (Å²) in [5, 5.41) is -0.825. The predicted molar refractivity (Wildman–Crippen MR) is 71.5 cm³/mol. The first-order valence-corrected chi connectivity index (χ1v) is 7.18. The number of sulfone groups is 1. The molecule has 0 atom stereocenters. The van der Waals surface area contributed by atoms with E-state index in [0.29, 0.717) is 5.56 Å².